The Morgan fingerprint density at radius 3 is 2.82 bits per heavy atom. The van der Waals surface area contributed by atoms with Crippen molar-refractivity contribution in [3.05, 3.63) is 30.0 Å². The second-order valence-electron chi connectivity index (χ2n) is 5.24. The summed E-state index contributed by atoms with van der Waals surface area (Å²) in [4.78, 5) is 19.0. The minimum atomic E-state index is 0.104. The Kier molecular flexibility index (Phi) is 5.72. The number of ether oxygens (including phenoxy) is 2. The van der Waals surface area contributed by atoms with Gasteiger partial charge in [-0.15, -0.1) is 0 Å². The second-order valence-corrected chi connectivity index (χ2v) is 5.24. The lowest BCUT2D eigenvalue weighted by Crippen LogP contribution is -2.12. The van der Waals surface area contributed by atoms with E-state index in [1.165, 1.54) is 5.56 Å². The van der Waals surface area contributed by atoms with Gasteiger partial charge in [0.1, 0.15) is 11.5 Å². The zero-order valence-corrected chi connectivity index (χ0v) is 13.3. The molecule has 118 valence electrons. The summed E-state index contributed by atoms with van der Waals surface area (Å²) in [7, 11) is 3.28. The average Bonchev–Trinajstić information content (AvgIpc) is 2.89. The van der Waals surface area contributed by atoms with Crippen molar-refractivity contribution in [2.45, 2.75) is 19.8 Å². The predicted molar refractivity (Wildman–Crippen MR) is 88.0 cm³/mol. The fourth-order valence-electron chi connectivity index (χ4n) is 2.43. The normalized spacial score (nSPS) is 11.9. The van der Waals surface area contributed by atoms with E-state index >= 15 is 0 Å². The number of rotatable bonds is 8. The van der Waals surface area contributed by atoms with E-state index in [1.54, 1.807) is 21.1 Å². The average molecular weight is 302 g/mol. The molecule has 22 heavy (non-hydrogen) atoms. The minimum Gasteiger partial charge on any atom is -0.497 e. The monoisotopic (exact) mass is 302 g/mol. The van der Waals surface area contributed by atoms with Gasteiger partial charge in [-0.05, 0) is 37.1 Å². The maximum absolute atomic E-state index is 11.2. The summed E-state index contributed by atoms with van der Waals surface area (Å²) in [5.41, 5.74) is 3.07. The van der Waals surface area contributed by atoms with Gasteiger partial charge in [-0.3, -0.25) is 9.79 Å². The fraction of sp³-hybridized carbons (Fsp3) is 0.412. The van der Waals surface area contributed by atoms with Crippen molar-refractivity contribution in [2.24, 2.45) is 4.99 Å². The van der Waals surface area contributed by atoms with Crippen LogP contribution in [0.2, 0.25) is 0 Å². The number of aromatic amines is 1. The van der Waals surface area contributed by atoms with Gasteiger partial charge in [0.25, 0.3) is 0 Å². The molecule has 0 spiro atoms. The van der Waals surface area contributed by atoms with E-state index in [2.05, 4.69) is 9.98 Å². The Morgan fingerprint density at radius 1 is 1.32 bits per heavy atom. The molecule has 0 bridgehead atoms. The third kappa shape index (κ3) is 4.18. The second kappa shape index (κ2) is 7.75. The highest BCUT2D eigenvalue weighted by Crippen LogP contribution is 2.23. The fourth-order valence-corrected chi connectivity index (χ4v) is 2.43. The van der Waals surface area contributed by atoms with Crippen molar-refractivity contribution in [2.75, 3.05) is 27.4 Å². The smallest absolute Gasteiger partial charge is 0.135 e. The lowest BCUT2D eigenvalue weighted by Gasteiger charge is -2.04. The number of nitrogens with one attached hydrogen (secondary N) is 1. The molecule has 0 aliphatic rings. The number of aromatic nitrogens is 1. The lowest BCUT2D eigenvalue weighted by molar-refractivity contribution is -0.115. The molecule has 1 N–H and O–H groups in total. The number of nitrogens with zero attached hydrogens (tertiary/aromatic N) is 1. The summed E-state index contributed by atoms with van der Waals surface area (Å²) >= 11 is 0. The Bertz CT molecular complexity index is 674. The maximum Gasteiger partial charge on any atom is 0.135 e. The summed E-state index contributed by atoms with van der Waals surface area (Å²) in [5, 5.41) is 1.15. The lowest BCUT2D eigenvalue weighted by atomic mass is 10.1. The first kappa shape index (κ1) is 16.2. The maximum atomic E-state index is 11.2. The van der Waals surface area contributed by atoms with Gasteiger partial charge in [-0.2, -0.15) is 0 Å². The van der Waals surface area contributed by atoms with Crippen LogP contribution in [0.1, 0.15) is 18.9 Å². The van der Waals surface area contributed by atoms with Gasteiger partial charge in [0.05, 0.1) is 13.7 Å². The number of ketones is 1. The molecule has 0 saturated heterocycles. The van der Waals surface area contributed by atoms with Crippen molar-refractivity contribution >= 4 is 22.4 Å². The third-order valence-corrected chi connectivity index (χ3v) is 3.46. The number of carbonyl (C=O) groups excluding carboxylic acids is 1. The summed E-state index contributed by atoms with van der Waals surface area (Å²) in [6, 6.07) is 5.97. The molecule has 0 radical (unpaired) electrons. The molecule has 5 nitrogen and oxygen atoms in total. The molecule has 2 rings (SSSR count). The van der Waals surface area contributed by atoms with Crippen LogP contribution in [0.5, 0.6) is 5.75 Å². The summed E-state index contributed by atoms with van der Waals surface area (Å²) in [5.74, 6) is 0.945. The molecule has 5 heteroatoms. The molecule has 0 aliphatic heterocycles. The van der Waals surface area contributed by atoms with Gasteiger partial charge in [-0.1, -0.05) is 0 Å². The molecule has 2 aromatic rings. The van der Waals surface area contributed by atoms with E-state index in [-0.39, 0.29) is 5.78 Å². The first-order valence-corrected chi connectivity index (χ1v) is 7.28. The van der Waals surface area contributed by atoms with Crippen molar-refractivity contribution in [3.8, 4) is 5.75 Å². The highest BCUT2D eigenvalue weighted by molar-refractivity contribution is 6.01. The standard InChI is InChI=1S/C17H22N2O3/c1-12(20)8-14(11-21-2)18-7-6-13-10-19-17-5-4-15(22-3)9-16(13)17/h4-5,9-10,19H,6-8,11H2,1-3H3. The van der Waals surface area contributed by atoms with Crippen LogP contribution < -0.4 is 4.74 Å². The van der Waals surface area contributed by atoms with Gasteiger partial charge in [0.2, 0.25) is 0 Å². The van der Waals surface area contributed by atoms with Gasteiger partial charge in [-0.25, -0.2) is 0 Å². The highest BCUT2D eigenvalue weighted by atomic mass is 16.5. The van der Waals surface area contributed by atoms with Crippen molar-refractivity contribution in [1.29, 1.82) is 0 Å². The van der Waals surface area contributed by atoms with Crippen molar-refractivity contribution < 1.29 is 14.3 Å². The minimum absolute atomic E-state index is 0.104. The van der Waals surface area contributed by atoms with Crippen LogP contribution in [0.15, 0.2) is 29.4 Å². The van der Waals surface area contributed by atoms with Gasteiger partial charge < -0.3 is 14.5 Å². The van der Waals surface area contributed by atoms with E-state index in [9.17, 15) is 4.79 Å². The number of Topliss-reactive ketones (excluding diaryl/α,β-unsaturated/α-hetero) is 1. The Morgan fingerprint density at radius 2 is 2.14 bits per heavy atom. The third-order valence-electron chi connectivity index (χ3n) is 3.46. The van der Waals surface area contributed by atoms with Crippen LogP contribution in [0, 0.1) is 0 Å². The summed E-state index contributed by atoms with van der Waals surface area (Å²) < 4.78 is 10.4. The molecule has 0 saturated carbocycles. The Labute approximate surface area is 130 Å². The quantitative estimate of drug-likeness (QED) is 0.763. The van der Waals surface area contributed by atoms with Gasteiger partial charge in [0.15, 0.2) is 0 Å². The topological polar surface area (TPSA) is 63.7 Å². The SMILES string of the molecule is COCC(CC(C)=O)=NCCc1c[nH]c2ccc(OC)cc12. The van der Waals surface area contributed by atoms with Crippen molar-refractivity contribution in [1.82, 2.24) is 4.98 Å². The Balaban J connectivity index is 2.08. The largest absolute Gasteiger partial charge is 0.497 e. The molecule has 0 fully saturated rings. The number of H-pyrrole nitrogens is 1. The molecule has 0 atom stereocenters. The van der Waals surface area contributed by atoms with E-state index in [4.69, 9.17) is 9.47 Å². The van der Waals surface area contributed by atoms with Gasteiger partial charge >= 0.3 is 0 Å². The number of fused-ring (bicyclic) bond motifs is 1. The highest BCUT2D eigenvalue weighted by Gasteiger charge is 2.06. The first-order chi connectivity index (χ1) is 10.6. The van der Waals surface area contributed by atoms with E-state index in [0.717, 1.165) is 28.8 Å². The summed E-state index contributed by atoms with van der Waals surface area (Å²) in [6.45, 7) is 2.61. The summed E-state index contributed by atoms with van der Waals surface area (Å²) in [6.07, 6.45) is 3.16. The van der Waals surface area contributed by atoms with Crippen LogP contribution in [0.3, 0.4) is 0 Å². The number of hydrogen-bond donors (Lipinski definition) is 1. The van der Waals surface area contributed by atoms with Gasteiger partial charge in [0, 0.05) is 42.9 Å². The Hall–Kier alpha value is -2.14. The molecular weight excluding hydrogens is 280 g/mol. The van der Waals surface area contributed by atoms with Crippen LogP contribution >= 0.6 is 0 Å². The van der Waals surface area contributed by atoms with E-state index in [1.807, 2.05) is 24.4 Å². The van der Waals surface area contributed by atoms with Crippen LogP contribution in [-0.4, -0.2) is 43.9 Å². The van der Waals surface area contributed by atoms with Crippen LogP contribution in [-0.2, 0) is 16.0 Å². The first-order valence-electron chi connectivity index (χ1n) is 7.28. The molecule has 1 heterocycles. The molecule has 0 unspecified atom stereocenters. The molecule has 1 aromatic carbocycles. The number of benzene rings is 1. The van der Waals surface area contributed by atoms with Crippen LogP contribution in [0.4, 0.5) is 0 Å². The molecule has 0 amide bonds. The number of hydrogen-bond acceptors (Lipinski definition) is 4. The molecular formula is C17H22N2O3. The number of methoxy groups -OCH3 is 2. The number of aliphatic imine (C=N–C) groups is 1. The molecule has 0 aliphatic carbocycles. The predicted octanol–water partition coefficient (Wildman–Crippen LogP) is 2.79. The zero-order chi connectivity index (χ0) is 15.9. The zero-order valence-electron chi connectivity index (χ0n) is 13.3. The van der Waals surface area contributed by atoms with Crippen LogP contribution in [0.25, 0.3) is 10.9 Å². The van der Waals surface area contributed by atoms with E-state index < -0.39 is 0 Å². The van der Waals surface area contributed by atoms with Crippen molar-refractivity contribution in [3.63, 3.8) is 0 Å². The number of carbonyl (C=O) groups is 1. The van der Waals surface area contributed by atoms with E-state index in [0.29, 0.717) is 19.6 Å². The molecule has 1 aromatic heterocycles.